The van der Waals surface area contributed by atoms with E-state index in [1.807, 2.05) is 11.8 Å². The summed E-state index contributed by atoms with van der Waals surface area (Å²) in [5.74, 6) is 0.700. The molecule has 0 fully saturated rings. The first-order valence-electron chi connectivity index (χ1n) is 11.3. The van der Waals surface area contributed by atoms with Crippen molar-refractivity contribution in [2.24, 2.45) is 0 Å². The van der Waals surface area contributed by atoms with E-state index >= 15 is 0 Å². The quantitative estimate of drug-likeness (QED) is 0.210. The first-order chi connectivity index (χ1) is 16.7. The van der Waals surface area contributed by atoms with Crippen LogP contribution in [0.1, 0.15) is 48.1 Å². The molecule has 4 aliphatic rings. The molecule has 34 heavy (non-hydrogen) atoms. The average molecular weight is 664 g/mol. The molecule has 0 radical (unpaired) electrons. The average Bonchev–Trinajstić information content (AvgIpc) is 3.40. The van der Waals surface area contributed by atoms with Crippen molar-refractivity contribution in [3.63, 3.8) is 0 Å². The molecule has 0 saturated heterocycles. The molecule has 2 unspecified atom stereocenters. The summed E-state index contributed by atoms with van der Waals surface area (Å²) in [7, 11) is 0. The maximum absolute atomic E-state index is 3.95. The summed E-state index contributed by atoms with van der Waals surface area (Å²) in [6.07, 6.45) is 5.03. The van der Waals surface area contributed by atoms with E-state index in [9.17, 15) is 0 Å². The molecule has 0 N–H and O–H groups in total. The molecule has 4 heteroatoms. The summed E-state index contributed by atoms with van der Waals surface area (Å²) < 4.78 is 5.75. The van der Waals surface area contributed by atoms with E-state index < -0.39 is 23.2 Å². The largest absolute Gasteiger partial charge is 1.00 e. The van der Waals surface area contributed by atoms with Gasteiger partial charge in [-0.1, -0.05) is 0 Å². The third-order valence-corrected chi connectivity index (χ3v) is 12.7. The fraction of sp³-hybridized carbons (Fsp3) is 0.0667. The van der Waals surface area contributed by atoms with Gasteiger partial charge in [-0.3, -0.25) is 0 Å². The van der Waals surface area contributed by atoms with Gasteiger partial charge in [0.2, 0.25) is 0 Å². The molecule has 4 aromatic rings. The van der Waals surface area contributed by atoms with Crippen molar-refractivity contribution >= 4 is 55.8 Å². The van der Waals surface area contributed by atoms with Crippen molar-refractivity contribution in [3.05, 3.63) is 134 Å². The van der Waals surface area contributed by atoms with Crippen molar-refractivity contribution < 1.29 is 26.1 Å². The molecule has 2 aliphatic heterocycles. The van der Waals surface area contributed by atoms with Crippen LogP contribution in [0.15, 0.2) is 110 Å². The van der Waals surface area contributed by atoms with Crippen LogP contribution in [0.5, 0.6) is 0 Å². The third-order valence-electron chi connectivity index (χ3n) is 6.89. The molecular weight excluding hydrogens is 643 g/mol. The van der Waals surface area contributed by atoms with Gasteiger partial charge >= 0.3 is 234 Å². The molecule has 164 valence electrons. The van der Waals surface area contributed by atoms with E-state index in [0.29, 0.717) is 11.8 Å². The number of allylic oxidation sites excluding steroid dienone is 2. The van der Waals surface area contributed by atoms with Gasteiger partial charge in [0.1, 0.15) is 0 Å². The summed E-state index contributed by atoms with van der Waals surface area (Å²) in [6, 6.07) is 31.6. The van der Waals surface area contributed by atoms with Crippen LogP contribution in [0.25, 0.3) is 12.2 Å². The standard InChI is InChI=1S/C15H8BrS.C15H10Br.Zr.2H/c16-14-8-12-7-10-4-5-13(15(10)14)9-2-1-3-11(6-9)17-12;16-14-8-4-7-12-9-10-13(15(12)14)11-5-2-1-3-6-11;;;/h1-4,6-8,13H;1-9,13H;;;/q;;+2;2*-1. The predicted octanol–water partition coefficient (Wildman–Crippen LogP) is 9.66. The smallest absolute Gasteiger partial charge is 1.00 e. The van der Waals surface area contributed by atoms with E-state index in [1.165, 1.54) is 52.1 Å². The Morgan fingerprint density at radius 2 is 1.32 bits per heavy atom. The monoisotopic (exact) mass is 660 g/mol. The minimum absolute atomic E-state index is 0. The number of hydrogen-bond acceptors (Lipinski definition) is 1. The van der Waals surface area contributed by atoms with Gasteiger partial charge in [0, 0.05) is 0 Å². The molecule has 2 aliphatic carbocycles. The van der Waals surface area contributed by atoms with E-state index in [0.717, 1.165) is 0 Å². The van der Waals surface area contributed by atoms with Crippen molar-refractivity contribution in [1.82, 2.24) is 0 Å². The zero-order chi connectivity index (χ0) is 22.8. The summed E-state index contributed by atoms with van der Waals surface area (Å²) in [4.78, 5) is 2.64. The first-order valence-corrected chi connectivity index (χ1v) is 16.2. The van der Waals surface area contributed by atoms with Gasteiger partial charge in [-0.2, -0.15) is 0 Å². The van der Waals surface area contributed by atoms with Crippen LogP contribution in [0.3, 0.4) is 0 Å². The fourth-order valence-electron chi connectivity index (χ4n) is 5.51. The summed E-state index contributed by atoms with van der Waals surface area (Å²) in [6.45, 7) is 0. The van der Waals surface area contributed by atoms with Crippen LogP contribution in [-0.4, -0.2) is 0 Å². The van der Waals surface area contributed by atoms with E-state index in [-0.39, 0.29) is 2.85 Å². The molecule has 6 bridgehead atoms. The minimum atomic E-state index is -1.07. The molecule has 2 atom stereocenters. The molecule has 2 heterocycles. The zero-order valence-corrected chi connectivity index (χ0v) is 24.5. The van der Waals surface area contributed by atoms with Crippen molar-refractivity contribution in [2.75, 3.05) is 0 Å². The van der Waals surface area contributed by atoms with Crippen LogP contribution >= 0.6 is 43.6 Å². The third kappa shape index (κ3) is 3.56. The molecule has 4 aromatic carbocycles. The Balaban J connectivity index is 0.00000133. The molecule has 0 aromatic heterocycles. The van der Waals surface area contributed by atoms with Crippen LogP contribution in [0, 0.1) is 0 Å². The number of fused-ring (bicyclic) bond motifs is 2. The van der Waals surface area contributed by atoms with Gasteiger partial charge < -0.3 is 2.85 Å². The SMILES string of the molecule is Brc1cccc2c1C(c1ccccc1)[C]([Zr+2][C]1=Cc3cc4cc(Br)c3C1c1cccc(c1)S4)=C2.[H-].[H-]. The molecule has 0 nitrogen and oxygen atoms in total. The molecule has 0 amide bonds. The normalized spacial score (nSPS) is 19.0. The molecule has 8 rings (SSSR count). The Hall–Kier alpha value is -1.45. The maximum Gasteiger partial charge on any atom is -1.00 e. The van der Waals surface area contributed by atoms with E-state index in [4.69, 9.17) is 0 Å². The van der Waals surface area contributed by atoms with E-state index in [1.54, 1.807) is 6.56 Å². The number of hydrogen-bond donors (Lipinski definition) is 0. The second kappa shape index (κ2) is 8.59. The van der Waals surface area contributed by atoms with Crippen LogP contribution in [-0.2, 0) is 23.2 Å². The molecule has 0 saturated carbocycles. The van der Waals surface area contributed by atoms with Gasteiger partial charge in [-0.15, -0.1) is 0 Å². The Labute approximate surface area is 235 Å². The second-order valence-corrected chi connectivity index (χ2v) is 15.2. The van der Waals surface area contributed by atoms with E-state index in [2.05, 4.69) is 129 Å². The summed E-state index contributed by atoms with van der Waals surface area (Å²) in [5, 5.41) is 0. The Kier molecular flexibility index (Phi) is 5.51. The topological polar surface area (TPSA) is 0 Å². The van der Waals surface area contributed by atoms with Gasteiger partial charge in [-0.25, -0.2) is 0 Å². The summed E-state index contributed by atoms with van der Waals surface area (Å²) in [5.41, 5.74) is 8.48. The van der Waals surface area contributed by atoms with Gasteiger partial charge in [0.15, 0.2) is 0 Å². The Bertz CT molecular complexity index is 1550. The second-order valence-electron chi connectivity index (χ2n) is 8.93. The number of benzene rings is 4. The van der Waals surface area contributed by atoms with Crippen LogP contribution < -0.4 is 0 Å². The fourth-order valence-corrected chi connectivity index (χ4v) is 12.1. The van der Waals surface area contributed by atoms with Gasteiger partial charge in [0.25, 0.3) is 0 Å². The molecular formula is C30H20Br2SZr. The summed E-state index contributed by atoms with van der Waals surface area (Å²) >= 11 is 8.63. The Morgan fingerprint density at radius 3 is 2.18 bits per heavy atom. The maximum atomic E-state index is 3.95. The van der Waals surface area contributed by atoms with Crippen molar-refractivity contribution in [2.45, 2.75) is 21.6 Å². The minimum Gasteiger partial charge on any atom is -1.00 e. The Morgan fingerprint density at radius 1 is 0.618 bits per heavy atom. The van der Waals surface area contributed by atoms with Crippen molar-refractivity contribution in [3.8, 4) is 0 Å². The molecule has 0 spiro atoms. The van der Waals surface area contributed by atoms with Crippen LogP contribution in [0.4, 0.5) is 0 Å². The van der Waals surface area contributed by atoms with Crippen molar-refractivity contribution in [1.29, 1.82) is 0 Å². The predicted molar refractivity (Wildman–Crippen MR) is 147 cm³/mol. The zero-order valence-electron chi connectivity index (χ0n) is 20.1. The number of rotatable bonds is 3. The van der Waals surface area contributed by atoms with Crippen LogP contribution in [0.2, 0.25) is 0 Å². The van der Waals surface area contributed by atoms with Gasteiger partial charge in [-0.05, 0) is 0 Å². The number of halogens is 2. The van der Waals surface area contributed by atoms with Gasteiger partial charge in [0.05, 0.1) is 0 Å². The first kappa shape index (κ1) is 21.8.